The maximum absolute atomic E-state index is 12.9. The maximum Gasteiger partial charge on any atom is 0.339 e. The Morgan fingerprint density at radius 2 is 1.50 bits per heavy atom. The molecule has 0 saturated heterocycles. The lowest BCUT2D eigenvalue weighted by atomic mass is 9.98. The van der Waals surface area contributed by atoms with E-state index in [1.54, 1.807) is 0 Å². The summed E-state index contributed by atoms with van der Waals surface area (Å²) in [6.45, 7) is 2.35. The first-order chi connectivity index (χ1) is 16.4. The van der Waals surface area contributed by atoms with Gasteiger partial charge in [0.05, 0.1) is 22.0 Å². The molecule has 0 aromatic heterocycles. The van der Waals surface area contributed by atoms with Gasteiger partial charge in [0, 0.05) is 41.0 Å². The van der Waals surface area contributed by atoms with Crippen LogP contribution in [-0.2, 0) is 4.74 Å². The second-order valence-electron chi connectivity index (χ2n) is 8.22. The van der Waals surface area contributed by atoms with Crippen LogP contribution in [0.15, 0.2) is 35.5 Å². The minimum Gasteiger partial charge on any atom is -0.462 e. The predicted molar refractivity (Wildman–Crippen MR) is 126 cm³/mol. The molecule has 2 aromatic carbocycles. The zero-order valence-corrected chi connectivity index (χ0v) is 19.0. The van der Waals surface area contributed by atoms with Crippen molar-refractivity contribution >= 4 is 23.1 Å². The number of oxime groups is 1. The number of benzene rings is 2. The molecule has 10 nitrogen and oxygen atoms in total. The molecule has 0 fully saturated rings. The van der Waals surface area contributed by atoms with Gasteiger partial charge in [0.15, 0.2) is 0 Å². The van der Waals surface area contributed by atoms with Crippen LogP contribution in [0.1, 0.15) is 79.8 Å². The Bertz CT molecular complexity index is 1130. The topological polar surface area (TPSA) is 145 Å². The molecule has 0 aliphatic heterocycles. The van der Waals surface area contributed by atoms with Crippen molar-refractivity contribution in [1.82, 2.24) is 0 Å². The molecule has 34 heavy (non-hydrogen) atoms. The number of unbranched alkanes of at least 4 members (excludes halogenated alkanes) is 7. The predicted octanol–water partition coefficient (Wildman–Crippen LogP) is 6.01. The molecule has 0 unspecified atom stereocenters. The fourth-order valence-electron chi connectivity index (χ4n) is 4.16. The van der Waals surface area contributed by atoms with Crippen LogP contribution >= 0.6 is 0 Å². The van der Waals surface area contributed by atoms with Crippen LogP contribution in [0, 0.1) is 20.2 Å². The highest BCUT2D eigenvalue weighted by Gasteiger charge is 2.34. The summed E-state index contributed by atoms with van der Waals surface area (Å²) in [4.78, 5) is 34.3. The van der Waals surface area contributed by atoms with Crippen molar-refractivity contribution < 1.29 is 24.6 Å². The van der Waals surface area contributed by atoms with Crippen molar-refractivity contribution in [2.45, 2.75) is 58.3 Å². The maximum atomic E-state index is 12.9. The SMILES string of the molecule is CCCCCCCCCCOC(=O)c1cc([N+](=O)[O-])cc2c1-c1ccc([N+](=O)[O-])cc1C2=NO. The first kappa shape index (κ1) is 24.8. The number of nitrogens with zero attached hydrogens (tertiary/aromatic N) is 3. The Balaban J connectivity index is 1.80. The first-order valence-corrected chi connectivity index (χ1v) is 11.4. The van der Waals surface area contributed by atoms with Crippen molar-refractivity contribution in [2.24, 2.45) is 5.16 Å². The molecule has 180 valence electrons. The third-order valence-electron chi connectivity index (χ3n) is 5.88. The number of fused-ring (bicyclic) bond motifs is 3. The molecule has 0 saturated carbocycles. The monoisotopic (exact) mass is 469 g/mol. The summed E-state index contributed by atoms with van der Waals surface area (Å²) in [5, 5.41) is 35.4. The van der Waals surface area contributed by atoms with Gasteiger partial charge < -0.3 is 9.94 Å². The lowest BCUT2D eigenvalue weighted by molar-refractivity contribution is -0.385. The third kappa shape index (κ3) is 5.38. The Kier molecular flexibility index (Phi) is 8.29. The van der Waals surface area contributed by atoms with Crippen LogP contribution in [0.5, 0.6) is 0 Å². The molecule has 0 bridgehead atoms. The van der Waals surface area contributed by atoms with Gasteiger partial charge in [0.2, 0.25) is 0 Å². The second-order valence-corrected chi connectivity index (χ2v) is 8.22. The van der Waals surface area contributed by atoms with E-state index in [4.69, 9.17) is 4.74 Å². The Hall–Kier alpha value is -3.82. The Morgan fingerprint density at radius 3 is 2.12 bits per heavy atom. The van der Waals surface area contributed by atoms with Gasteiger partial charge in [-0.15, -0.1) is 0 Å². The molecule has 0 atom stereocenters. The number of nitro benzene ring substituents is 2. The molecule has 1 aliphatic rings. The van der Waals surface area contributed by atoms with E-state index in [-0.39, 0.29) is 40.4 Å². The summed E-state index contributed by atoms with van der Waals surface area (Å²) >= 11 is 0. The molecular weight excluding hydrogens is 442 g/mol. The van der Waals surface area contributed by atoms with Gasteiger partial charge >= 0.3 is 5.97 Å². The van der Waals surface area contributed by atoms with Crippen molar-refractivity contribution in [1.29, 1.82) is 0 Å². The smallest absolute Gasteiger partial charge is 0.339 e. The summed E-state index contributed by atoms with van der Waals surface area (Å²) < 4.78 is 5.41. The number of hydrogen-bond acceptors (Lipinski definition) is 8. The highest BCUT2D eigenvalue weighted by molar-refractivity contribution is 6.27. The van der Waals surface area contributed by atoms with Gasteiger partial charge in [-0.3, -0.25) is 20.2 Å². The number of hydrogen-bond donors (Lipinski definition) is 1. The summed E-state index contributed by atoms with van der Waals surface area (Å²) in [6.07, 6.45) is 8.65. The van der Waals surface area contributed by atoms with Crippen LogP contribution in [0.3, 0.4) is 0 Å². The van der Waals surface area contributed by atoms with Gasteiger partial charge in [0.1, 0.15) is 5.71 Å². The van der Waals surface area contributed by atoms with Gasteiger partial charge in [-0.2, -0.15) is 0 Å². The zero-order valence-electron chi connectivity index (χ0n) is 19.0. The van der Waals surface area contributed by atoms with E-state index in [9.17, 15) is 30.2 Å². The molecule has 1 N–H and O–H groups in total. The Labute approximate surface area is 196 Å². The second kappa shape index (κ2) is 11.4. The van der Waals surface area contributed by atoms with Crippen molar-refractivity contribution in [2.75, 3.05) is 6.61 Å². The number of ether oxygens (including phenoxy) is 1. The molecule has 1 aliphatic carbocycles. The summed E-state index contributed by atoms with van der Waals surface area (Å²) in [7, 11) is 0. The highest BCUT2D eigenvalue weighted by Crippen LogP contribution is 2.43. The van der Waals surface area contributed by atoms with Crippen LogP contribution in [0.4, 0.5) is 11.4 Å². The van der Waals surface area contributed by atoms with E-state index in [0.717, 1.165) is 25.3 Å². The van der Waals surface area contributed by atoms with E-state index in [0.29, 0.717) is 17.5 Å². The number of esters is 1. The average Bonchev–Trinajstić information content (AvgIpc) is 3.14. The van der Waals surface area contributed by atoms with Crippen LogP contribution in [0.2, 0.25) is 0 Å². The summed E-state index contributed by atoms with van der Waals surface area (Å²) in [5.74, 6) is -0.730. The van der Waals surface area contributed by atoms with E-state index in [1.807, 2.05) is 0 Å². The lowest BCUT2D eigenvalue weighted by Gasteiger charge is -2.10. The molecule has 3 rings (SSSR count). The minimum atomic E-state index is -0.730. The van der Waals surface area contributed by atoms with Crippen molar-refractivity contribution in [3.05, 3.63) is 67.3 Å². The van der Waals surface area contributed by atoms with Gasteiger partial charge in [-0.25, -0.2) is 4.79 Å². The molecular formula is C24H27N3O7. The number of rotatable bonds is 12. The largest absolute Gasteiger partial charge is 0.462 e. The molecule has 0 amide bonds. The molecule has 2 aromatic rings. The number of carbonyl (C=O) groups excluding carboxylic acids is 1. The van der Waals surface area contributed by atoms with E-state index in [1.165, 1.54) is 49.9 Å². The van der Waals surface area contributed by atoms with E-state index >= 15 is 0 Å². The molecule has 0 heterocycles. The number of non-ortho nitro benzene ring substituents is 2. The Morgan fingerprint density at radius 1 is 0.882 bits per heavy atom. The molecule has 0 radical (unpaired) electrons. The quantitative estimate of drug-likeness (QED) is 0.112. The van der Waals surface area contributed by atoms with Crippen molar-refractivity contribution in [3.8, 4) is 11.1 Å². The highest BCUT2D eigenvalue weighted by atomic mass is 16.6. The molecule has 0 spiro atoms. The summed E-state index contributed by atoms with van der Waals surface area (Å²) in [6, 6.07) is 6.23. The number of carbonyl (C=O) groups is 1. The zero-order chi connectivity index (χ0) is 24.7. The average molecular weight is 469 g/mol. The fraction of sp³-hybridized carbons (Fsp3) is 0.417. The van der Waals surface area contributed by atoms with Gasteiger partial charge in [-0.05, 0) is 18.1 Å². The van der Waals surface area contributed by atoms with Crippen molar-refractivity contribution in [3.63, 3.8) is 0 Å². The van der Waals surface area contributed by atoms with E-state index in [2.05, 4.69) is 12.1 Å². The minimum absolute atomic E-state index is 0.0440. The van der Waals surface area contributed by atoms with Gasteiger partial charge in [0.25, 0.3) is 11.4 Å². The number of nitro groups is 2. The van der Waals surface area contributed by atoms with Crippen LogP contribution < -0.4 is 0 Å². The normalized spacial score (nSPS) is 12.9. The van der Waals surface area contributed by atoms with Gasteiger partial charge in [-0.1, -0.05) is 57.0 Å². The molecule has 10 heteroatoms. The first-order valence-electron chi connectivity index (χ1n) is 11.4. The lowest BCUT2D eigenvalue weighted by Crippen LogP contribution is -2.10. The van der Waals surface area contributed by atoms with E-state index < -0.39 is 15.8 Å². The standard InChI is InChI=1S/C24H27N3O7/c1-2-3-4-5-6-7-8-9-12-34-24(28)21-15-17(27(32)33)14-20-22(21)18-11-10-16(26(30)31)13-19(18)23(20)25-29/h10-11,13-15,29H,2-9,12H2,1H3. The third-order valence-corrected chi connectivity index (χ3v) is 5.88. The van der Waals surface area contributed by atoms with Crippen LogP contribution in [-0.4, -0.2) is 33.3 Å². The summed E-state index contributed by atoms with van der Waals surface area (Å²) in [5.41, 5.74) is 0.330. The van der Waals surface area contributed by atoms with Crippen LogP contribution in [0.25, 0.3) is 11.1 Å². The fourth-order valence-corrected chi connectivity index (χ4v) is 4.16.